The second-order valence-corrected chi connectivity index (χ2v) is 5.01. The molecule has 0 fully saturated rings. The zero-order valence-corrected chi connectivity index (χ0v) is 12.9. The molecule has 1 aromatic carbocycles. The summed E-state index contributed by atoms with van der Waals surface area (Å²) in [5.74, 6) is 0.463. The molecule has 2 rings (SSSR count). The van der Waals surface area contributed by atoms with E-state index in [0.29, 0.717) is 28.2 Å². The fourth-order valence-electron chi connectivity index (χ4n) is 1.61. The van der Waals surface area contributed by atoms with Crippen LogP contribution in [0.15, 0.2) is 40.6 Å². The lowest BCUT2D eigenvalue weighted by atomic mass is 10.3. The number of nitrogens with zero attached hydrogens (tertiary/aromatic N) is 4. The molecule has 0 aliphatic carbocycles. The van der Waals surface area contributed by atoms with Crippen molar-refractivity contribution in [2.24, 2.45) is 10.2 Å². The maximum Gasteiger partial charge on any atom is 0.246 e. The van der Waals surface area contributed by atoms with E-state index in [1.54, 1.807) is 0 Å². The Morgan fingerprint density at radius 3 is 2.65 bits per heavy atom. The molecular weight excluding hydrogens is 292 g/mol. The summed E-state index contributed by atoms with van der Waals surface area (Å²) in [5, 5.41) is 12.7. The van der Waals surface area contributed by atoms with Gasteiger partial charge in [-0.05, 0) is 26.0 Å². The fraction of sp³-hybridized carbons (Fsp3) is 0.231. The highest BCUT2D eigenvalue weighted by Crippen LogP contribution is 2.33. The van der Waals surface area contributed by atoms with Crippen LogP contribution in [0.3, 0.4) is 0 Å². The highest BCUT2D eigenvalue weighted by Gasteiger charge is 2.18. The molecule has 5 nitrogen and oxygen atoms in total. The number of benzene rings is 1. The molecule has 0 aliphatic heterocycles. The van der Waals surface area contributed by atoms with Gasteiger partial charge in [0, 0.05) is 0 Å². The minimum absolute atomic E-state index is 0.303. The SMILES string of the molecule is CCOc1c(N=Nc2ccccc2)c(C)nn1C(=S)S. The molecular formula is C13H14N4OS2. The molecule has 0 unspecified atom stereocenters. The van der Waals surface area contributed by atoms with Gasteiger partial charge < -0.3 is 4.74 Å². The van der Waals surface area contributed by atoms with Crippen molar-refractivity contribution in [3.05, 3.63) is 36.0 Å². The van der Waals surface area contributed by atoms with Crippen LogP contribution >= 0.6 is 24.8 Å². The second kappa shape index (κ2) is 6.62. The Morgan fingerprint density at radius 2 is 2.05 bits per heavy atom. The normalized spacial score (nSPS) is 10.9. The number of thiocarbonyl (C=S) groups is 1. The maximum atomic E-state index is 5.55. The van der Waals surface area contributed by atoms with Gasteiger partial charge in [0.05, 0.1) is 18.0 Å². The Morgan fingerprint density at radius 1 is 1.35 bits per heavy atom. The molecule has 20 heavy (non-hydrogen) atoms. The second-order valence-electron chi connectivity index (χ2n) is 3.90. The number of aromatic nitrogens is 2. The molecule has 0 spiro atoms. The van der Waals surface area contributed by atoms with Crippen LogP contribution in [0, 0.1) is 6.92 Å². The van der Waals surface area contributed by atoms with Gasteiger partial charge in [-0.2, -0.15) is 14.9 Å². The molecule has 1 heterocycles. The van der Waals surface area contributed by atoms with Crippen molar-refractivity contribution in [1.29, 1.82) is 0 Å². The first-order valence-electron chi connectivity index (χ1n) is 6.06. The third-order valence-electron chi connectivity index (χ3n) is 2.47. The standard InChI is InChI=1S/C13H14N4OS2/c1-3-18-12-11(9(2)16-17(12)13(19)20)15-14-10-7-5-4-6-8-10/h4-8H,3H2,1-2H3,(H,19,20). The zero-order valence-electron chi connectivity index (χ0n) is 11.1. The van der Waals surface area contributed by atoms with Crippen LogP contribution in [-0.4, -0.2) is 20.7 Å². The summed E-state index contributed by atoms with van der Waals surface area (Å²) in [7, 11) is 0. The minimum atomic E-state index is 0.303. The first-order valence-corrected chi connectivity index (χ1v) is 6.91. The van der Waals surface area contributed by atoms with Crippen molar-refractivity contribution in [2.45, 2.75) is 13.8 Å². The summed E-state index contributed by atoms with van der Waals surface area (Å²) in [6, 6.07) is 9.46. The van der Waals surface area contributed by atoms with Gasteiger partial charge in [0.2, 0.25) is 5.88 Å². The summed E-state index contributed by atoms with van der Waals surface area (Å²) < 4.78 is 7.29. The summed E-state index contributed by atoms with van der Waals surface area (Å²) >= 11 is 9.16. The van der Waals surface area contributed by atoms with Crippen LogP contribution in [-0.2, 0) is 0 Å². The third-order valence-corrected chi connectivity index (χ3v) is 2.83. The average molecular weight is 306 g/mol. The molecule has 7 heteroatoms. The molecule has 0 amide bonds. The topological polar surface area (TPSA) is 51.8 Å². The third kappa shape index (κ3) is 3.23. The molecule has 0 saturated carbocycles. The summed E-state index contributed by atoms with van der Waals surface area (Å²) in [6.45, 7) is 4.19. The number of thiol groups is 1. The first-order chi connectivity index (χ1) is 9.63. The molecule has 1 aromatic heterocycles. The van der Waals surface area contributed by atoms with E-state index in [-0.39, 0.29) is 0 Å². The number of azo groups is 1. The monoisotopic (exact) mass is 306 g/mol. The van der Waals surface area contributed by atoms with Gasteiger partial charge in [0.15, 0.2) is 10.0 Å². The number of rotatable bonds is 4. The quantitative estimate of drug-likeness (QED) is 0.526. The predicted molar refractivity (Wildman–Crippen MR) is 85.7 cm³/mol. The van der Waals surface area contributed by atoms with Crippen molar-refractivity contribution < 1.29 is 4.74 Å². The van der Waals surface area contributed by atoms with Gasteiger partial charge >= 0.3 is 0 Å². The molecule has 0 saturated heterocycles. The average Bonchev–Trinajstić information content (AvgIpc) is 2.75. The van der Waals surface area contributed by atoms with Crippen LogP contribution in [0.5, 0.6) is 5.88 Å². The van der Waals surface area contributed by atoms with Crippen LogP contribution < -0.4 is 4.74 Å². The van der Waals surface area contributed by atoms with E-state index in [1.165, 1.54) is 4.68 Å². The number of ether oxygens (including phenoxy) is 1. The predicted octanol–water partition coefficient (Wildman–Crippen LogP) is 4.07. The fourth-order valence-corrected chi connectivity index (χ4v) is 1.87. The summed E-state index contributed by atoms with van der Waals surface area (Å²) in [5.41, 5.74) is 2.01. The van der Waals surface area contributed by atoms with Crippen LogP contribution in [0.2, 0.25) is 0 Å². The first kappa shape index (κ1) is 14.7. The van der Waals surface area contributed by atoms with E-state index in [2.05, 4.69) is 28.0 Å². The molecule has 104 valence electrons. The Kier molecular flexibility index (Phi) is 4.86. The summed E-state index contributed by atoms with van der Waals surface area (Å²) in [4.78, 5) is 0. The largest absolute Gasteiger partial charge is 0.476 e. The maximum absolute atomic E-state index is 5.55. The lowest BCUT2D eigenvalue weighted by Crippen LogP contribution is -2.07. The zero-order chi connectivity index (χ0) is 14.5. The molecule has 2 aromatic rings. The number of hydrogen-bond donors (Lipinski definition) is 1. The van der Waals surface area contributed by atoms with Gasteiger partial charge in [-0.3, -0.25) is 0 Å². The van der Waals surface area contributed by atoms with Crippen LogP contribution in [0.4, 0.5) is 11.4 Å². The van der Waals surface area contributed by atoms with Gasteiger partial charge in [-0.1, -0.05) is 30.4 Å². The lowest BCUT2D eigenvalue weighted by Gasteiger charge is -2.05. The van der Waals surface area contributed by atoms with Gasteiger partial charge in [-0.15, -0.1) is 17.7 Å². The highest BCUT2D eigenvalue weighted by atomic mass is 32.1. The Balaban J connectivity index is 2.40. The molecule has 0 radical (unpaired) electrons. The van der Waals surface area contributed by atoms with E-state index < -0.39 is 0 Å². The van der Waals surface area contributed by atoms with Gasteiger partial charge in [-0.25, -0.2) is 0 Å². The van der Waals surface area contributed by atoms with Crippen molar-refractivity contribution >= 4 is 40.5 Å². The summed E-state index contributed by atoms with van der Waals surface area (Å²) in [6.07, 6.45) is 0. The lowest BCUT2D eigenvalue weighted by molar-refractivity contribution is 0.321. The van der Waals surface area contributed by atoms with Gasteiger partial charge in [0.1, 0.15) is 0 Å². The minimum Gasteiger partial charge on any atom is -0.476 e. The van der Waals surface area contributed by atoms with E-state index in [1.807, 2.05) is 44.2 Å². The Hall–Kier alpha value is -1.73. The van der Waals surface area contributed by atoms with Crippen molar-refractivity contribution in [3.8, 4) is 5.88 Å². The molecule has 0 atom stereocenters. The van der Waals surface area contributed by atoms with Crippen LogP contribution in [0.25, 0.3) is 0 Å². The number of hydrogen-bond acceptors (Lipinski definition) is 5. The van der Waals surface area contributed by atoms with E-state index in [0.717, 1.165) is 5.69 Å². The van der Waals surface area contributed by atoms with E-state index in [4.69, 9.17) is 17.0 Å². The van der Waals surface area contributed by atoms with Crippen molar-refractivity contribution in [1.82, 2.24) is 9.78 Å². The van der Waals surface area contributed by atoms with Crippen LogP contribution in [0.1, 0.15) is 12.6 Å². The molecule has 0 N–H and O–H groups in total. The van der Waals surface area contributed by atoms with E-state index in [9.17, 15) is 0 Å². The van der Waals surface area contributed by atoms with Crippen molar-refractivity contribution in [2.75, 3.05) is 6.61 Å². The highest BCUT2D eigenvalue weighted by molar-refractivity contribution is 8.11. The van der Waals surface area contributed by atoms with Gasteiger partial charge in [0.25, 0.3) is 0 Å². The molecule has 0 aliphatic rings. The number of aryl methyl sites for hydroxylation is 1. The molecule has 0 bridgehead atoms. The Labute approximate surface area is 128 Å². The smallest absolute Gasteiger partial charge is 0.246 e. The Bertz CT molecular complexity index is 637. The van der Waals surface area contributed by atoms with Crippen molar-refractivity contribution in [3.63, 3.8) is 0 Å². The van der Waals surface area contributed by atoms with E-state index >= 15 is 0 Å².